The third-order valence-electron chi connectivity index (χ3n) is 3.15. The summed E-state index contributed by atoms with van der Waals surface area (Å²) in [5.74, 6) is 0.0988. The van der Waals surface area contributed by atoms with Crippen molar-refractivity contribution in [1.29, 1.82) is 0 Å². The van der Waals surface area contributed by atoms with Gasteiger partial charge in [0.05, 0.1) is 6.54 Å². The maximum absolute atomic E-state index is 11.2. The average Bonchev–Trinajstić information content (AvgIpc) is 2.75. The lowest BCUT2D eigenvalue weighted by Crippen LogP contribution is -2.44. The third-order valence-corrected chi connectivity index (χ3v) is 3.15. The predicted octanol–water partition coefficient (Wildman–Crippen LogP) is 0.505. The fraction of sp³-hybridized carbons (Fsp3) is 0.364. The molecule has 0 radical (unpaired) electrons. The normalized spacial score (nSPS) is 29.3. The van der Waals surface area contributed by atoms with E-state index in [-0.39, 0.29) is 11.6 Å². The number of carbonyl (C=O) groups excluding carboxylic acids is 1. The quantitative estimate of drug-likeness (QED) is 0.622. The molecule has 0 bridgehead atoms. The summed E-state index contributed by atoms with van der Waals surface area (Å²) in [6.07, 6.45) is 2.02. The first-order valence-corrected chi connectivity index (χ1v) is 4.95. The van der Waals surface area contributed by atoms with Gasteiger partial charge < -0.3 is 5.32 Å². The van der Waals surface area contributed by atoms with Gasteiger partial charge in [-0.15, -0.1) is 0 Å². The topological polar surface area (TPSA) is 41.1 Å². The molecule has 1 spiro atoms. The summed E-state index contributed by atoms with van der Waals surface area (Å²) < 4.78 is 0. The summed E-state index contributed by atoms with van der Waals surface area (Å²) in [7, 11) is 0. The molecule has 0 aromatic heterocycles. The van der Waals surface area contributed by atoms with Crippen molar-refractivity contribution in [3.8, 4) is 0 Å². The van der Waals surface area contributed by atoms with Gasteiger partial charge in [-0.1, -0.05) is 24.3 Å². The van der Waals surface area contributed by atoms with Crippen LogP contribution in [-0.4, -0.2) is 12.5 Å². The maximum atomic E-state index is 11.2. The molecule has 1 atom stereocenters. The SMILES string of the molecule is O=C1CNC2(CCc3ccccc32)N1. The summed E-state index contributed by atoms with van der Waals surface area (Å²) in [6, 6.07) is 8.31. The molecule has 72 valence electrons. The molecule has 2 N–H and O–H groups in total. The molecule has 1 heterocycles. The Bertz CT molecular complexity index is 402. The van der Waals surface area contributed by atoms with E-state index in [0.717, 1.165) is 12.8 Å². The van der Waals surface area contributed by atoms with Gasteiger partial charge in [-0.25, -0.2) is 0 Å². The van der Waals surface area contributed by atoms with Crippen LogP contribution >= 0.6 is 0 Å². The molecule has 1 amide bonds. The highest BCUT2D eigenvalue weighted by molar-refractivity contribution is 5.82. The highest BCUT2D eigenvalue weighted by atomic mass is 16.2. The Morgan fingerprint density at radius 1 is 1.29 bits per heavy atom. The van der Waals surface area contributed by atoms with Crippen LogP contribution in [0.25, 0.3) is 0 Å². The van der Waals surface area contributed by atoms with E-state index >= 15 is 0 Å². The molecule has 1 aromatic carbocycles. The van der Waals surface area contributed by atoms with Crippen molar-refractivity contribution in [1.82, 2.24) is 10.6 Å². The number of rotatable bonds is 0. The lowest BCUT2D eigenvalue weighted by Gasteiger charge is -2.24. The molecule has 14 heavy (non-hydrogen) atoms. The Morgan fingerprint density at radius 2 is 2.14 bits per heavy atom. The molecule has 3 heteroatoms. The van der Waals surface area contributed by atoms with Crippen molar-refractivity contribution in [2.24, 2.45) is 0 Å². The van der Waals surface area contributed by atoms with Crippen LogP contribution in [0.2, 0.25) is 0 Å². The van der Waals surface area contributed by atoms with Gasteiger partial charge in [0.2, 0.25) is 5.91 Å². The number of hydrogen-bond acceptors (Lipinski definition) is 2. The van der Waals surface area contributed by atoms with Crippen molar-refractivity contribution in [2.75, 3.05) is 6.54 Å². The van der Waals surface area contributed by atoms with E-state index in [1.54, 1.807) is 0 Å². The number of aryl methyl sites for hydroxylation is 1. The second-order valence-electron chi connectivity index (χ2n) is 3.96. The fourth-order valence-electron chi connectivity index (χ4n) is 2.48. The fourth-order valence-corrected chi connectivity index (χ4v) is 2.48. The van der Waals surface area contributed by atoms with Gasteiger partial charge in [-0.3, -0.25) is 10.1 Å². The first-order chi connectivity index (χ1) is 6.80. The minimum Gasteiger partial charge on any atom is -0.333 e. The molecule has 1 aliphatic carbocycles. The third kappa shape index (κ3) is 0.930. The summed E-state index contributed by atoms with van der Waals surface area (Å²) in [5.41, 5.74) is 2.33. The van der Waals surface area contributed by atoms with Crippen LogP contribution in [0, 0.1) is 0 Å². The van der Waals surface area contributed by atoms with Crippen LogP contribution in [0.15, 0.2) is 24.3 Å². The van der Waals surface area contributed by atoms with Gasteiger partial charge in [0.15, 0.2) is 0 Å². The van der Waals surface area contributed by atoms with E-state index in [1.165, 1.54) is 11.1 Å². The maximum Gasteiger partial charge on any atom is 0.235 e. The molecule has 1 unspecified atom stereocenters. The van der Waals surface area contributed by atoms with Crippen LogP contribution in [0.4, 0.5) is 0 Å². The Hall–Kier alpha value is -1.35. The largest absolute Gasteiger partial charge is 0.333 e. The molecule has 1 fully saturated rings. The highest BCUT2D eigenvalue weighted by Gasteiger charge is 2.43. The number of carbonyl (C=O) groups is 1. The minimum absolute atomic E-state index is 0.0988. The summed E-state index contributed by atoms with van der Waals surface area (Å²) in [6.45, 7) is 0.439. The van der Waals surface area contributed by atoms with Gasteiger partial charge in [-0.05, 0) is 24.0 Å². The molecule has 1 aliphatic heterocycles. The summed E-state index contributed by atoms with van der Waals surface area (Å²) in [5, 5.41) is 6.31. The Balaban J connectivity index is 2.09. The van der Waals surface area contributed by atoms with Crippen LogP contribution in [0.1, 0.15) is 17.5 Å². The number of amides is 1. The van der Waals surface area contributed by atoms with E-state index < -0.39 is 0 Å². The lowest BCUT2D eigenvalue weighted by molar-refractivity contribution is -0.118. The van der Waals surface area contributed by atoms with E-state index in [9.17, 15) is 4.79 Å². The molecule has 3 rings (SSSR count). The molecule has 2 aliphatic rings. The molecule has 1 saturated heterocycles. The predicted molar refractivity (Wildman–Crippen MR) is 52.6 cm³/mol. The Labute approximate surface area is 82.5 Å². The van der Waals surface area contributed by atoms with E-state index in [2.05, 4.69) is 28.8 Å². The van der Waals surface area contributed by atoms with E-state index in [4.69, 9.17) is 0 Å². The molecular weight excluding hydrogens is 176 g/mol. The average molecular weight is 188 g/mol. The van der Waals surface area contributed by atoms with Crippen molar-refractivity contribution in [3.05, 3.63) is 35.4 Å². The van der Waals surface area contributed by atoms with Gasteiger partial charge >= 0.3 is 0 Å². The molecular formula is C11H12N2O. The highest BCUT2D eigenvalue weighted by Crippen LogP contribution is 2.35. The van der Waals surface area contributed by atoms with Gasteiger partial charge in [0, 0.05) is 0 Å². The van der Waals surface area contributed by atoms with Crippen LogP contribution in [-0.2, 0) is 16.9 Å². The van der Waals surface area contributed by atoms with Crippen molar-refractivity contribution in [2.45, 2.75) is 18.5 Å². The van der Waals surface area contributed by atoms with Gasteiger partial charge in [-0.2, -0.15) is 0 Å². The lowest BCUT2D eigenvalue weighted by atomic mass is 10.0. The monoisotopic (exact) mass is 188 g/mol. The summed E-state index contributed by atoms with van der Waals surface area (Å²) >= 11 is 0. The first kappa shape index (κ1) is 8.00. The zero-order chi connectivity index (χ0) is 9.60. The Kier molecular flexibility index (Phi) is 1.47. The number of nitrogens with one attached hydrogen (secondary N) is 2. The summed E-state index contributed by atoms with van der Waals surface area (Å²) in [4.78, 5) is 11.2. The van der Waals surface area contributed by atoms with Crippen molar-refractivity contribution < 1.29 is 4.79 Å². The van der Waals surface area contributed by atoms with Crippen LogP contribution in [0.3, 0.4) is 0 Å². The number of hydrogen-bond donors (Lipinski definition) is 2. The van der Waals surface area contributed by atoms with Gasteiger partial charge in [0.25, 0.3) is 0 Å². The molecule has 1 aromatic rings. The van der Waals surface area contributed by atoms with E-state index in [1.807, 2.05) is 6.07 Å². The van der Waals surface area contributed by atoms with Crippen LogP contribution < -0.4 is 10.6 Å². The molecule has 3 nitrogen and oxygen atoms in total. The number of fused-ring (bicyclic) bond motifs is 2. The smallest absolute Gasteiger partial charge is 0.235 e. The van der Waals surface area contributed by atoms with Crippen LogP contribution in [0.5, 0.6) is 0 Å². The van der Waals surface area contributed by atoms with Gasteiger partial charge in [0.1, 0.15) is 5.66 Å². The standard InChI is InChI=1S/C11H12N2O/c14-10-7-12-11(13-10)6-5-8-3-1-2-4-9(8)11/h1-4,12H,5-7H2,(H,13,14). The van der Waals surface area contributed by atoms with E-state index in [0.29, 0.717) is 6.54 Å². The zero-order valence-electron chi connectivity index (χ0n) is 7.84. The zero-order valence-corrected chi connectivity index (χ0v) is 7.84. The molecule has 0 saturated carbocycles. The Morgan fingerprint density at radius 3 is 2.93 bits per heavy atom. The minimum atomic E-state index is -0.256. The first-order valence-electron chi connectivity index (χ1n) is 4.95. The number of benzene rings is 1. The second kappa shape index (κ2) is 2.58. The second-order valence-corrected chi connectivity index (χ2v) is 3.96. The van der Waals surface area contributed by atoms with Crippen molar-refractivity contribution in [3.63, 3.8) is 0 Å². The van der Waals surface area contributed by atoms with Crippen molar-refractivity contribution >= 4 is 5.91 Å².